The molecule has 2 heterocycles. The van der Waals surface area contributed by atoms with Gasteiger partial charge in [0.15, 0.2) is 0 Å². The lowest BCUT2D eigenvalue weighted by atomic mass is 10.0. The molecule has 0 amide bonds. The molecule has 1 atom stereocenters. The monoisotopic (exact) mass is 276 g/mol. The van der Waals surface area contributed by atoms with Gasteiger partial charge in [-0.2, -0.15) is 10.2 Å². The van der Waals surface area contributed by atoms with Crippen molar-refractivity contribution in [2.75, 3.05) is 6.54 Å². The lowest BCUT2D eigenvalue weighted by Gasteiger charge is -2.18. The van der Waals surface area contributed by atoms with Crippen LogP contribution in [0.2, 0.25) is 0 Å². The molecule has 6 nitrogen and oxygen atoms in total. The van der Waals surface area contributed by atoms with Gasteiger partial charge in [-0.05, 0) is 27.3 Å². The molecule has 0 aliphatic rings. The molecule has 0 saturated heterocycles. The van der Waals surface area contributed by atoms with Crippen molar-refractivity contribution < 1.29 is 0 Å². The molecule has 0 aliphatic heterocycles. The number of aryl methyl sites for hydroxylation is 1. The lowest BCUT2D eigenvalue weighted by molar-refractivity contribution is 0.467. The van der Waals surface area contributed by atoms with Crippen LogP contribution in [-0.4, -0.2) is 31.1 Å². The van der Waals surface area contributed by atoms with Gasteiger partial charge in [-0.25, -0.2) is 9.67 Å². The molecule has 0 aromatic carbocycles. The molecule has 0 spiro atoms. The van der Waals surface area contributed by atoms with Crippen LogP contribution in [0, 0.1) is 6.92 Å². The van der Waals surface area contributed by atoms with Crippen LogP contribution < -0.4 is 5.32 Å². The Morgan fingerprint density at radius 3 is 2.60 bits per heavy atom. The Morgan fingerprint density at radius 2 is 2.05 bits per heavy atom. The van der Waals surface area contributed by atoms with E-state index in [1.807, 2.05) is 22.6 Å². The van der Waals surface area contributed by atoms with Gasteiger partial charge in [-0.3, -0.25) is 4.68 Å². The fraction of sp³-hybridized carbons (Fsp3) is 0.643. The first-order chi connectivity index (χ1) is 9.54. The molecule has 2 aromatic heterocycles. The molecular formula is C14H24N6. The predicted octanol–water partition coefficient (Wildman–Crippen LogP) is 1.79. The van der Waals surface area contributed by atoms with E-state index in [2.05, 4.69) is 48.2 Å². The summed E-state index contributed by atoms with van der Waals surface area (Å²) in [5.74, 6) is 1.01. The zero-order valence-electron chi connectivity index (χ0n) is 13.0. The summed E-state index contributed by atoms with van der Waals surface area (Å²) in [6, 6.07) is 0.542. The number of rotatable bonds is 6. The van der Waals surface area contributed by atoms with Crippen LogP contribution in [0.15, 0.2) is 12.5 Å². The van der Waals surface area contributed by atoms with E-state index < -0.39 is 0 Å². The van der Waals surface area contributed by atoms with Crippen LogP contribution >= 0.6 is 0 Å². The van der Waals surface area contributed by atoms with Crippen LogP contribution in [0.5, 0.6) is 0 Å². The van der Waals surface area contributed by atoms with E-state index in [0.29, 0.717) is 6.04 Å². The molecule has 1 unspecified atom stereocenters. The van der Waals surface area contributed by atoms with E-state index in [1.165, 1.54) is 11.3 Å². The Balaban J connectivity index is 2.26. The van der Waals surface area contributed by atoms with Crippen molar-refractivity contribution in [2.45, 2.75) is 46.2 Å². The summed E-state index contributed by atoms with van der Waals surface area (Å²) in [5, 5.41) is 12.2. The minimum Gasteiger partial charge on any atom is -0.310 e. The molecule has 0 saturated carbocycles. The first-order valence-electron chi connectivity index (χ1n) is 7.14. The van der Waals surface area contributed by atoms with Crippen LogP contribution in [-0.2, 0) is 13.5 Å². The average molecular weight is 276 g/mol. The van der Waals surface area contributed by atoms with E-state index in [9.17, 15) is 0 Å². The van der Waals surface area contributed by atoms with Gasteiger partial charge in [0.1, 0.15) is 12.2 Å². The van der Waals surface area contributed by atoms with Gasteiger partial charge >= 0.3 is 0 Å². The Bertz CT molecular complexity index is 554. The summed E-state index contributed by atoms with van der Waals surface area (Å²) in [4.78, 5) is 4.41. The zero-order chi connectivity index (χ0) is 14.7. The summed E-state index contributed by atoms with van der Waals surface area (Å²) in [7, 11) is 1.97. The van der Waals surface area contributed by atoms with Crippen LogP contribution in [0.25, 0.3) is 0 Å². The number of likely N-dealkylation sites (N-methyl/N-ethyl adjacent to an activating group) is 1. The second-order valence-electron chi connectivity index (χ2n) is 5.34. The Morgan fingerprint density at radius 1 is 1.30 bits per heavy atom. The molecule has 2 aromatic rings. The number of hydrogen-bond donors (Lipinski definition) is 1. The highest BCUT2D eigenvalue weighted by molar-refractivity contribution is 5.21. The highest BCUT2D eigenvalue weighted by Crippen LogP contribution is 2.21. The number of hydrogen-bond acceptors (Lipinski definition) is 4. The fourth-order valence-corrected chi connectivity index (χ4v) is 2.43. The molecular weight excluding hydrogens is 252 g/mol. The van der Waals surface area contributed by atoms with Crippen LogP contribution in [0.4, 0.5) is 0 Å². The molecule has 0 radical (unpaired) electrons. The van der Waals surface area contributed by atoms with Crippen molar-refractivity contribution in [3.05, 3.63) is 29.6 Å². The van der Waals surface area contributed by atoms with Crippen molar-refractivity contribution in [1.29, 1.82) is 0 Å². The SMILES string of the molecule is CCNC(Cc1ncnn1C(C)C)c1cnn(C)c1C. The Kier molecular flexibility index (Phi) is 4.54. The number of aromatic nitrogens is 5. The summed E-state index contributed by atoms with van der Waals surface area (Å²) in [6.45, 7) is 9.37. The van der Waals surface area contributed by atoms with Gasteiger partial charge in [-0.1, -0.05) is 6.92 Å². The van der Waals surface area contributed by atoms with Gasteiger partial charge in [0.25, 0.3) is 0 Å². The summed E-state index contributed by atoms with van der Waals surface area (Å²) in [5.41, 5.74) is 2.42. The molecule has 6 heteroatoms. The zero-order valence-corrected chi connectivity index (χ0v) is 13.0. The molecule has 0 bridgehead atoms. The predicted molar refractivity (Wildman–Crippen MR) is 78.5 cm³/mol. The third kappa shape index (κ3) is 2.90. The van der Waals surface area contributed by atoms with Gasteiger partial charge in [-0.15, -0.1) is 0 Å². The minimum atomic E-state index is 0.218. The number of nitrogens with zero attached hydrogens (tertiary/aromatic N) is 5. The van der Waals surface area contributed by atoms with E-state index in [1.54, 1.807) is 6.33 Å². The largest absolute Gasteiger partial charge is 0.310 e. The normalized spacial score (nSPS) is 13.1. The summed E-state index contributed by atoms with van der Waals surface area (Å²) < 4.78 is 3.89. The maximum absolute atomic E-state index is 4.41. The maximum Gasteiger partial charge on any atom is 0.138 e. The maximum atomic E-state index is 4.41. The third-order valence-corrected chi connectivity index (χ3v) is 3.62. The van der Waals surface area contributed by atoms with Crippen molar-refractivity contribution >= 4 is 0 Å². The van der Waals surface area contributed by atoms with Crippen LogP contribution in [0.1, 0.15) is 49.9 Å². The summed E-state index contributed by atoms with van der Waals surface area (Å²) in [6.07, 6.45) is 4.39. The first kappa shape index (κ1) is 14.7. The van der Waals surface area contributed by atoms with Gasteiger partial charge < -0.3 is 5.32 Å². The van der Waals surface area contributed by atoms with E-state index in [4.69, 9.17) is 0 Å². The van der Waals surface area contributed by atoms with Gasteiger partial charge in [0.05, 0.1) is 6.20 Å². The van der Waals surface area contributed by atoms with Gasteiger partial charge in [0, 0.05) is 36.8 Å². The standard InChI is InChI=1S/C14H24N6/c1-6-15-13(12-8-17-19(5)11(12)4)7-14-16-9-18-20(14)10(2)3/h8-10,13,15H,6-7H2,1-5H3. The lowest BCUT2D eigenvalue weighted by Crippen LogP contribution is -2.25. The fourth-order valence-electron chi connectivity index (χ4n) is 2.43. The van der Waals surface area contributed by atoms with E-state index in [0.717, 1.165) is 18.8 Å². The number of nitrogens with one attached hydrogen (secondary N) is 1. The van der Waals surface area contributed by atoms with Crippen molar-refractivity contribution in [1.82, 2.24) is 29.9 Å². The third-order valence-electron chi connectivity index (χ3n) is 3.62. The second-order valence-corrected chi connectivity index (χ2v) is 5.34. The molecule has 110 valence electrons. The summed E-state index contributed by atoms with van der Waals surface area (Å²) >= 11 is 0. The van der Waals surface area contributed by atoms with Gasteiger partial charge in [0.2, 0.25) is 0 Å². The second kappa shape index (κ2) is 6.17. The highest BCUT2D eigenvalue weighted by Gasteiger charge is 2.19. The smallest absolute Gasteiger partial charge is 0.138 e. The Hall–Kier alpha value is -1.69. The average Bonchev–Trinajstić information content (AvgIpc) is 2.98. The quantitative estimate of drug-likeness (QED) is 0.874. The van der Waals surface area contributed by atoms with E-state index in [-0.39, 0.29) is 6.04 Å². The highest BCUT2D eigenvalue weighted by atomic mass is 15.3. The van der Waals surface area contributed by atoms with E-state index >= 15 is 0 Å². The van der Waals surface area contributed by atoms with Crippen molar-refractivity contribution in [3.63, 3.8) is 0 Å². The topological polar surface area (TPSA) is 60.6 Å². The molecule has 0 aliphatic carbocycles. The molecule has 20 heavy (non-hydrogen) atoms. The molecule has 2 rings (SSSR count). The first-order valence-corrected chi connectivity index (χ1v) is 7.14. The molecule has 0 fully saturated rings. The minimum absolute atomic E-state index is 0.218. The Labute approximate surface area is 120 Å². The molecule has 1 N–H and O–H groups in total. The van der Waals surface area contributed by atoms with Crippen molar-refractivity contribution in [3.8, 4) is 0 Å². The van der Waals surface area contributed by atoms with Crippen molar-refractivity contribution in [2.24, 2.45) is 7.05 Å². The van der Waals surface area contributed by atoms with Crippen LogP contribution in [0.3, 0.4) is 0 Å².